The molecule has 85 valence electrons. The van der Waals surface area contributed by atoms with Gasteiger partial charge >= 0.3 is 12.3 Å². The molecule has 0 atom stereocenters. The molecular formula is C7H9F5NaO2. The number of unbranched alkanes of at least 4 members (excludes halogenated alkanes) is 1. The molecule has 0 spiro atoms. The molecule has 0 amide bonds. The van der Waals surface area contributed by atoms with Crippen molar-refractivity contribution in [1.82, 2.24) is 0 Å². The first kappa shape index (κ1) is 17.5. The van der Waals surface area contributed by atoms with Crippen LogP contribution in [-0.2, 0) is 9.78 Å². The van der Waals surface area contributed by atoms with E-state index in [1.54, 1.807) is 6.92 Å². The Hall–Kier alpha value is 0.150. The fraction of sp³-hybridized carbons (Fsp3) is 0.714. The quantitative estimate of drug-likeness (QED) is 0.243. The maximum Gasteiger partial charge on any atom is 0.488 e. The molecule has 0 saturated heterocycles. The Balaban J connectivity index is 0. The molecule has 0 aliphatic heterocycles. The van der Waals surface area contributed by atoms with E-state index in [2.05, 4.69) is 9.78 Å². The molecule has 0 aromatic carbocycles. The van der Waals surface area contributed by atoms with Crippen LogP contribution in [0.4, 0.5) is 22.0 Å². The zero-order valence-electron chi connectivity index (χ0n) is 8.28. The van der Waals surface area contributed by atoms with Gasteiger partial charge in [-0.2, -0.15) is 22.0 Å². The largest absolute Gasteiger partial charge is 0.488 e. The zero-order valence-corrected chi connectivity index (χ0v) is 10.3. The summed E-state index contributed by atoms with van der Waals surface area (Å²) in [6.07, 6.45) is -7.93. The Morgan fingerprint density at radius 1 is 1.13 bits per heavy atom. The van der Waals surface area contributed by atoms with Crippen LogP contribution < -0.4 is 0 Å². The molecule has 0 fully saturated rings. The van der Waals surface area contributed by atoms with Crippen LogP contribution >= 0.6 is 0 Å². The van der Waals surface area contributed by atoms with Crippen molar-refractivity contribution in [3.63, 3.8) is 0 Å². The first-order valence-corrected chi connectivity index (χ1v) is 3.75. The van der Waals surface area contributed by atoms with Gasteiger partial charge in [-0.05, 0) is 12.5 Å². The molecule has 0 aliphatic carbocycles. The van der Waals surface area contributed by atoms with Gasteiger partial charge in [0.1, 0.15) is 6.26 Å². The average molecular weight is 243 g/mol. The smallest absolute Gasteiger partial charge is 0.340 e. The summed E-state index contributed by atoms with van der Waals surface area (Å²) in [6, 6.07) is 0. The van der Waals surface area contributed by atoms with Crippen LogP contribution in [0.3, 0.4) is 0 Å². The van der Waals surface area contributed by atoms with Gasteiger partial charge in [0.15, 0.2) is 0 Å². The molecule has 1 radical (unpaired) electrons. The number of alkyl halides is 5. The summed E-state index contributed by atoms with van der Waals surface area (Å²) in [5.74, 6) is 0. The summed E-state index contributed by atoms with van der Waals surface area (Å²) in [6.45, 7) is 1.80. The number of rotatable bonds is 5. The van der Waals surface area contributed by atoms with Gasteiger partial charge < -0.3 is 4.89 Å². The van der Waals surface area contributed by atoms with Gasteiger partial charge in [0.25, 0.3) is 0 Å². The number of allylic oxidation sites excluding steroid dienone is 1. The molecule has 0 rings (SSSR count). The average Bonchev–Trinajstić information content (AvgIpc) is 2.02. The molecule has 15 heavy (non-hydrogen) atoms. The zero-order chi connectivity index (χ0) is 11.2. The Morgan fingerprint density at radius 2 is 1.67 bits per heavy atom. The first-order chi connectivity index (χ1) is 6.31. The first-order valence-electron chi connectivity index (χ1n) is 3.75. The maximum atomic E-state index is 11.9. The Kier molecular flexibility index (Phi) is 8.69. The van der Waals surface area contributed by atoms with Gasteiger partial charge in [-0.25, -0.2) is 0 Å². The van der Waals surface area contributed by atoms with E-state index in [-0.39, 0.29) is 29.6 Å². The fourth-order valence-electron chi connectivity index (χ4n) is 0.409. The second-order valence-corrected chi connectivity index (χ2v) is 2.35. The van der Waals surface area contributed by atoms with Gasteiger partial charge in [-0.15, -0.1) is 4.89 Å². The molecule has 0 unspecified atom stereocenters. The molecule has 0 aromatic rings. The summed E-state index contributed by atoms with van der Waals surface area (Å²) in [5.41, 5.74) is 0. The minimum atomic E-state index is -5.77. The summed E-state index contributed by atoms with van der Waals surface area (Å²) < 4.78 is 58.2. The van der Waals surface area contributed by atoms with Crippen molar-refractivity contribution < 1.29 is 31.7 Å². The Bertz CT molecular complexity index is 192. The summed E-state index contributed by atoms with van der Waals surface area (Å²) in [7, 11) is 0. The van der Waals surface area contributed by atoms with Crippen molar-refractivity contribution in [1.29, 1.82) is 0 Å². The van der Waals surface area contributed by atoms with Crippen LogP contribution in [0.25, 0.3) is 0 Å². The summed E-state index contributed by atoms with van der Waals surface area (Å²) in [5, 5.41) is 0. The third-order valence-electron chi connectivity index (χ3n) is 1.09. The van der Waals surface area contributed by atoms with E-state index in [4.69, 9.17) is 0 Å². The van der Waals surface area contributed by atoms with E-state index in [0.717, 1.165) is 6.42 Å². The molecule has 8 heteroatoms. The van der Waals surface area contributed by atoms with Crippen LogP contribution in [0.1, 0.15) is 19.8 Å². The van der Waals surface area contributed by atoms with Crippen LogP contribution in [0.2, 0.25) is 0 Å². The maximum absolute atomic E-state index is 11.9. The number of halogens is 5. The topological polar surface area (TPSA) is 18.5 Å². The standard InChI is InChI=1S/C7H9F5O2.Na/c1-2-3-4-5-13-14-7(11,12)6(8,9)10;/h4-5H,2-3H2,1H3;. The third kappa shape index (κ3) is 7.10. The summed E-state index contributed by atoms with van der Waals surface area (Å²) >= 11 is 0. The monoisotopic (exact) mass is 243 g/mol. The van der Waals surface area contributed by atoms with Crippen molar-refractivity contribution in [2.75, 3.05) is 0 Å². The summed E-state index contributed by atoms with van der Waals surface area (Å²) in [4.78, 5) is 6.47. The molecule has 0 bridgehead atoms. The molecule has 2 nitrogen and oxygen atoms in total. The predicted octanol–water partition coefficient (Wildman–Crippen LogP) is 3.02. The van der Waals surface area contributed by atoms with E-state index in [1.165, 1.54) is 6.08 Å². The minimum Gasteiger partial charge on any atom is -0.340 e. The second kappa shape index (κ2) is 7.43. The van der Waals surface area contributed by atoms with E-state index in [1.807, 2.05) is 0 Å². The van der Waals surface area contributed by atoms with Crippen LogP contribution in [0.15, 0.2) is 12.3 Å². The molecule has 0 aromatic heterocycles. The SMILES string of the molecule is CCCC=COOC(F)(F)C(F)(F)F.[Na]. The van der Waals surface area contributed by atoms with Gasteiger partial charge in [-0.3, -0.25) is 0 Å². The number of hydrogen-bond acceptors (Lipinski definition) is 2. The Labute approximate surface area is 106 Å². The molecular weight excluding hydrogens is 234 g/mol. The molecule has 0 N–H and O–H groups in total. The van der Waals surface area contributed by atoms with Gasteiger partial charge in [-0.1, -0.05) is 13.3 Å². The second-order valence-electron chi connectivity index (χ2n) is 2.35. The van der Waals surface area contributed by atoms with Gasteiger partial charge in [0.05, 0.1) is 0 Å². The van der Waals surface area contributed by atoms with E-state index in [0.29, 0.717) is 12.7 Å². The normalized spacial score (nSPS) is 12.7. The van der Waals surface area contributed by atoms with E-state index < -0.39 is 12.3 Å². The van der Waals surface area contributed by atoms with E-state index >= 15 is 0 Å². The van der Waals surface area contributed by atoms with Crippen LogP contribution in [0, 0.1) is 0 Å². The molecule has 0 heterocycles. The Morgan fingerprint density at radius 3 is 2.07 bits per heavy atom. The third-order valence-corrected chi connectivity index (χ3v) is 1.09. The molecule has 0 saturated carbocycles. The van der Waals surface area contributed by atoms with Crippen molar-refractivity contribution >= 4 is 29.6 Å². The van der Waals surface area contributed by atoms with Crippen molar-refractivity contribution in [3.05, 3.63) is 12.3 Å². The van der Waals surface area contributed by atoms with Crippen LogP contribution in [-0.4, -0.2) is 41.8 Å². The van der Waals surface area contributed by atoms with Crippen molar-refractivity contribution in [3.8, 4) is 0 Å². The minimum absolute atomic E-state index is 0. The molecule has 0 aliphatic rings. The number of hydrogen-bond donors (Lipinski definition) is 0. The van der Waals surface area contributed by atoms with Crippen molar-refractivity contribution in [2.45, 2.75) is 32.1 Å². The van der Waals surface area contributed by atoms with Gasteiger partial charge in [0, 0.05) is 29.6 Å². The predicted molar refractivity (Wildman–Crippen MR) is 43.0 cm³/mol. The van der Waals surface area contributed by atoms with E-state index in [9.17, 15) is 22.0 Å². The fourth-order valence-corrected chi connectivity index (χ4v) is 0.409. The van der Waals surface area contributed by atoms with Crippen LogP contribution in [0.5, 0.6) is 0 Å². The van der Waals surface area contributed by atoms with Gasteiger partial charge in [0.2, 0.25) is 0 Å². The van der Waals surface area contributed by atoms with Crippen molar-refractivity contribution in [2.24, 2.45) is 0 Å².